The Morgan fingerprint density at radius 3 is 2.24 bits per heavy atom. The van der Waals surface area contributed by atoms with E-state index in [-0.39, 0.29) is 24.4 Å². The highest BCUT2D eigenvalue weighted by Crippen LogP contribution is 2.30. The second kappa shape index (κ2) is 11.5. The summed E-state index contributed by atoms with van der Waals surface area (Å²) < 4.78 is 24.2. The maximum absolute atomic E-state index is 13.6. The number of amides is 3. The van der Waals surface area contributed by atoms with Crippen molar-refractivity contribution in [2.24, 2.45) is 0 Å². The predicted octanol–water partition coefficient (Wildman–Crippen LogP) is 4.98. The van der Waals surface area contributed by atoms with Crippen molar-refractivity contribution in [1.29, 1.82) is 0 Å². The number of carbonyl (C=O) groups is 3. The summed E-state index contributed by atoms with van der Waals surface area (Å²) in [6, 6.07) is 16.9. The molecular weight excluding hydrogens is 487 g/mol. The van der Waals surface area contributed by atoms with Gasteiger partial charge in [-0.2, -0.15) is 0 Å². The molecule has 1 unspecified atom stereocenters. The SMILES string of the molecule is COc1ccc(CCN(C(=O)c2ccc(F)cc2)C2CC(=O)N(c3ccc(C(C)C)cc3)C2=O)cc1OC. The molecule has 0 bridgehead atoms. The van der Waals surface area contributed by atoms with Crippen LogP contribution in [0.3, 0.4) is 0 Å². The number of nitrogens with zero attached hydrogens (tertiary/aromatic N) is 2. The number of methoxy groups -OCH3 is 2. The Balaban J connectivity index is 1.62. The number of ether oxygens (including phenoxy) is 2. The average molecular weight is 519 g/mol. The van der Waals surface area contributed by atoms with Gasteiger partial charge >= 0.3 is 0 Å². The van der Waals surface area contributed by atoms with Crippen LogP contribution in [0.4, 0.5) is 10.1 Å². The normalized spacial score (nSPS) is 15.2. The van der Waals surface area contributed by atoms with E-state index in [4.69, 9.17) is 9.47 Å². The topological polar surface area (TPSA) is 76.2 Å². The second-order valence-corrected chi connectivity index (χ2v) is 9.48. The standard InChI is InChI=1S/C30H31FN2O5/c1-19(2)21-8-12-24(13-9-21)33-28(34)18-25(30(33)36)32(29(35)22-6-10-23(31)11-7-22)16-15-20-5-14-26(37-3)27(17-20)38-4/h5-14,17,19,25H,15-16,18H2,1-4H3. The summed E-state index contributed by atoms with van der Waals surface area (Å²) in [5.41, 5.74) is 2.66. The molecule has 1 atom stereocenters. The minimum absolute atomic E-state index is 0.135. The fourth-order valence-corrected chi connectivity index (χ4v) is 4.58. The van der Waals surface area contributed by atoms with Crippen LogP contribution in [-0.4, -0.2) is 49.4 Å². The van der Waals surface area contributed by atoms with Gasteiger partial charge in [-0.15, -0.1) is 0 Å². The van der Waals surface area contributed by atoms with Gasteiger partial charge in [-0.05, 0) is 72.0 Å². The number of carbonyl (C=O) groups excluding carboxylic acids is 3. The van der Waals surface area contributed by atoms with Crippen LogP contribution in [0.1, 0.15) is 47.7 Å². The minimum atomic E-state index is -0.982. The first-order chi connectivity index (χ1) is 18.2. The fraction of sp³-hybridized carbons (Fsp3) is 0.300. The third-order valence-corrected chi connectivity index (χ3v) is 6.76. The van der Waals surface area contributed by atoms with Crippen LogP contribution in [0.2, 0.25) is 0 Å². The summed E-state index contributed by atoms with van der Waals surface area (Å²) in [5.74, 6) is -0.330. The van der Waals surface area contributed by atoms with Crippen molar-refractivity contribution >= 4 is 23.4 Å². The van der Waals surface area contributed by atoms with E-state index in [1.165, 1.54) is 36.3 Å². The van der Waals surface area contributed by atoms with Gasteiger partial charge < -0.3 is 14.4 Å². The van der Waals surface area contributed by atoms with Crippen molar-refractivity contribution in [3.05, 3.63) is 89.2 Å². The molecule has 0 aliphatic carbocycles. The largest absolute Gasteiger partial charge is 0.493 e. The van der Waals surface area contributed by atoms with Crippen LogP contribution in [0.15, 0.2) is 66.7 Å². The molecule has 3 aromatic carbocycles. The minimum Gasteiger partial charge on any atom is -0.493 e. The number of benzene rings is 3. The third kappa shape index (κ3) is 5.54. The smallest absolute Gasteiger partial charge is 0.257 e. The van der Waals surface area contributed by atoms with E-state index in [1.54, 1.807) is 25.3 Å². The molecule has 0 radical (unpaired) electrons. The first-order valence-electron chi connectivity index (χ1n) is 12.5. The van der Waals surface area contributed by atoms with E-state index in [2.05, 4.69) is 13.8 Å². The van der Waals surface area contributed by atoms with Crippen molar-refractivity contribution in [3.63, 3.8) is 0 Å². The quantitative estimate of drug-likeness (QED) is 0.374. The summed E-state index contributed by atoms with van der Waals surface area (Å²) >= 11 is 0. The van der Waals surface area contributed by atoms with Gasteiger partial charge in [0.15, 0.2) is 11.5 Å². The highest BCUT2D eigenvalue weighted by Gasteiger charge is 2.44. The molecule has 0 saturated carbocycles. The number of rotatable bonds is 9. The van der Waals surface area contributed by atoms with Gasteiger partial charge in [-0.25, -0.2) is 9.29 Å². The summed E-state index contributed by atoms with van der Waals surface area (Å²) in [5, 5.41) is 0. The monoisotopic (exact) mass is 518 g/mol. The molecule has 1 aliphatic rings. The maximum atomic E-state index is 13.6. The van der Waals surface area contributed by atoms with E-state index >= 15 is 0 Å². The Kier molecular flexibility index (Phi) is 8.10. The Morgan fingerprint density at radius 1 is 0.974 bits per heavy atom. The van der Waals surface area contributed by atoms with Crippen LogP contribution in [0.5, 0.6) is 11.5 Å². The highest BCUT2D eigenvalue weighted by atomic mass is 19.1. The van der Waals surface area contributed by atoms with Crippen LogP contribution < -0.4 is 14.4 Å². The zero-order valence-electron chi connectivity index (χ0n) is 21.9. The lowest BCUT2D eigenvalue weighted by atomic mass is 10.0. The lowest BCUT2D eigenvalue weighted by Gasteiger charge is -2.28. The van der Waals surface area contributed by atoms with Crippen LogP contribution in [-0.2, 0) is 16.0 Å². The molecule has 198 valence electrons. The number of hydrogen-bond donors (Lipinski definition) is 0. The van der Waals surface area contributed by atoms with E-state index < -0.39 is 23.7 Å². The van der Waals surface area contributed by atoms with Crippen LogP contribution in [0.25, 0.3) is 0 Å². The van der Waals surface area contributed by atoms with Crippen LogP contribution >= 0.6 is 0 Å². The van der Waals surface area contributed by atoms with Gasteiger partial charge in [-0.3, -0.25) is 14.4 Å². The van der Waals surface area contributed by atoms with E-state index in [0.717, 1.165) is 16.0 Å². The molecule has 0 spiro atoms. The van der Waals surface area contributed by atoms with Crippen molar-refractivity contribution in [1.82, 2.24) is 4.90 Å². The molecule has 3 amide bonds. The molecule has 3 aromatic rings. The highest BCUT2D eigenvalue weighted by molar-refractivity contribution is 6.23. The first kappa shape index (κ1) is 26.9. The molecule has 8 heteroatoms. The summed E-state index contributed by atoms with van der Waals surface area (Å²) in [6.45, 7) is 4.29. The molecule has 1 aliphatic heterocycles. The van der Waals surface area contributed by atoms with Gasteiger partial charge in [0.2, 0.25) is 5.91 Å². The number of imide groups is 1. The lowest BCUT2D eigenvalue weighted by molar-refractivity contribution is -0.122. The molecule has 1 fully saturated rings. The fourth-order valence-electron chi connectivity index (χ4n) is 4.58. The van der Waals surface area contributed by atoms with Gasteiger partial charge in [0, 0.05) is 12.1 Å². The maximum Gasteiger partial charge on any atom is 0.257 e. The van der Waals surface area contributed by atoms with Crippen LogP contribution in [0, 0.1) is 5.82 Å². The molecule has 1 heterocycles. The van der Waals surface area contributed by atoms with Crippen molar-refractivity contribution in [3.8, 4) is 11.5 Å². The Hall–Kier alpha value is -4.20. The Bertz CT molecular complexity index is 1320. The van der Waals surface area contributed by atoms with E-state index in [9.17, 15) is 18.8 Å². The molecule has 0 N–H and O–H groups in total. The number of halogens is 1. The molecule has 1 saturated heterocycles. The van der Waals surface area contributed by atoms with Crippen molar-refractivity contribution in [2.75, 3.05) is 25.7 Å². The van der Waals surface area contributed by atoms with Crippen molar-refractivity contribution < 1.29 is 28.2 Å². The predicted molar refractivity (Wildman–Crippen MR) is 142 cm³/mol. The third-order valence-electron chi connectivity index (χ3n) is 6.76. The first-order valence-corrected chi connectivity index (χ1v) is 12.5. The summed E-state index contributed by atoms with van der Waals surface area (Å²) in [4.78, 5) is 42.8. The van der Waals surface area contributed by atoms with E-state index in [1.807, 2.05) is 24.3 Å². The zero-order valence-corrected chi connectivity index (χ0v) is 21.9. The van der Waals surface area contributed by atoms with Gasteiger partial charge in [0.05, 0.1) is 26.3 Å². The Morgan fingerprint density at radius 2 is 1.63 bits per heavy atom. The molecule has 38 heavy (non-hydrogen) atoms. The Labute approximate surface area is 221 Å². The molecule has 4 rings (SSSR count). The van der Waals surface area contributed by atoms with Crippen molar-refractivity contribution in [2.45, 2.75) is 38.6 Å². The second-order valence-electron chi connectivity index (χ2n) is 9.48. The number of anilines is 1. The van der Waals surface area contributed by atoms with Gasteiger partial charge in [0.25, 0.3) is 11.8 Å². The molecule has 7 nitrogen and oxygen atoms in total. The van der Waals surface area contributed by atoms with Gasteiger partial charge in [0.1, 0.15) is 11.9 Å². The van der Waals surface area contributed by atoms with E-state index in [0.29, 0.717) is 29.5 Å². The number of hydrogen-bond acceptors (Lipinski definition) is 5. The molecule has 0 aromatic heterocycles. The average Bonchev–Trinajstić information content (AvgIpc) is 3.22. The molecular formula is C30H31FN2O5. The summed E-state index contributed by atoms with van der Waals surface area (Å²) in [6.07, 6.45) is 0.262. The zero-order chi connectivity index (χ0) is 27.4. The van der Waals surface area contributed by atoms with Gasteiger partial charge in [-0.1, -0.05) is 32.0 Å². The lowest BCUT2D eigenvalue weighted by Crippen LogP contribution is -2.46. The summed E-state index contributed by atoms with van der Waals surface area (Å²) in [7, 11) is 3.09.